The van der Waals surface area contributed by atoms with Crippen LogP contribution in [0, 0.1) is 11.3 Å². The predicted molar refractivity (Wildman–Crippen MR) is 172 cm³/mol. The second-order valence-corrected chi connectivity index (χ2v) is 12.6. The number of rotatable bonds is 7. The van der Waals surface area contributed by atoms with E-state index < -0.39 is 0 Å². The number of carbonyl (C=O) groups excluding carboxylic acids is 1. The van der Waals surface area contributed by atoms with E-state index in [0.717, 1.165) is 55.8 Å². The molecule has 1 aliphatic carbocycles. The number of anilines is 2. The zero-order valence-corrected chi connectivity index (χ0v) is 25.7. The van der Waals surface area contributed by atoms with Crippen LogP contribution < -0.4 is 14.5 Å². The van der Waals surface area contributed by atoms with Crippen LogP contribution in [0.1, 0.15) is 48.1 Å². The summed E-state index contributed by atoms with van der Waals surface area (Å²) in [6.07, 6.45) is 8.23. The fourth-order valence-electron chi connectivity index (χ4n) is 7.73. The number of nitrogens with zero attached hydrogens (tertiary/aromatic N) is 7. The van der Waals surface area contributed by atoms with Crippen molar-refractivity contribution < 1.29 is 9.53 Å². The molecule has 3 aliphatic heterocycles. The number of aryl methyl sites for hydroxylation is 2. The SMILES string of the molecule is C=CC(=O)N1CCN(c2nc(OC[C@@H]3CCCN3C)nc3c2CCN(c2cccc4ccc5c(c24)CCC5)C3)C[C@@H]1CC#N. The highest BCUT2D eigenvalue weighted by atomic mass is 16.5. The van der Waals surface area contributed by atoms with Gasteiger partial charge < -0.3 is 24.3 Å². The van der Waals surface area contributed by atoms with Gasteiger partial charge in [-0.2, -0.15) is 15.2 Å². The molecule has 2 aromatic carbocycles. The molecule has 7 rings (SSSR count). The lowest BCUT2D eigenvalue weighted by molar-refractivity contribution is -0.128. The van der Waals surface area contributed by atoms with E-state index in [4.69, 9.17) is 14.7 Å². The summed E-state index contributed by atoms with van der Waals surface area (Å²) < 4.78 is 6.34. The third-order valence-electron chi connectivity index (χ3n) is 10.1. The van der Waals surface area contributed by atoms with Gasteiger partial charge in [-0.3, -0.25) is 4.79 Å². The molecule has 9 heteroatoms. The zero-order valence-electron chi connectivity index (χ0n) is 25.7. The minimum Gasteiger partial charge on any atom is -0.462 e. The number of benzene rings is 2. The summed E-state index contributed by atoms with van der Waals surface area (Å²) in [6, 6.07) is 14.1. The van der Waals surface area contributed by atoms with Crippen molar-refractivity contribution in [2.45, 2.75) is 63.6 Å². The molecule has 0 unspecified atom stereocenters. The summed E-state index contributed by atoms with van der Waals surface area (Å²) in [5.74, 6) is 0.758. The molecule has 228 valence electrons. The maximum Gasteiger partial charge on any atom is 0.318 e. The van der Waals surface area contributed by atoms with Crippen LogP contribution in [0.4, 0.5) is 11.5 Å². The van der Waals surface area contributed by atoms with Crippen molar-refractivity contribution in [3.05, 3.63) is 65.4 Å². The molecule has 0 spiro atoms. The van der Waals surface area contributed by atoms with Crippen LogP contribution >= 0.6 is 0 Å². The van der Waals surface area contributed by atoms with Crippen molar-refractivity contribution in [1.82, 2.24) is 19.8 Å². The average molecular weight is 592 g/mol. The topological polar surface area (TPSA) is 88.8 Å². The van der Waals surface area contributed by atoms with E-state index in [2.05, 4.69) is 64.7 Å². The van der Waals surface area contributed by atoms with Crippen LogP contribution in [0.2, 0.25) is 0 Å². The van der Waals surface area contributed by atoms with Crippen LogP contribution in [0.25, 0.3) is 10.8 Å². The van der Waals surface area contributed by atoms with Gasteiger partial charge in [0.25, 0.3) is 0 Å². The van der Waals surface area contributed by atoms with Gasteiger partial charge in [0.2, 0.25) is 5.91 Å². The average Bonchev–Trinajstić information content (AvgIpc) is 3.71. The van der Waals surface area contributed by atoms with E-state index in [0.29, 0.717) is 44.8 Å². The highest BCUT2D eigenvalue weighted by Crippen LogP contribution is 2.39. The second-order valence-electron chi connectivity index (χ2n) is 12.6. The quantitative estimate of drug-likeness (QED) is 0.377. The number of likely N-dealkylation sites (N-methyl/N-ethyl adjacent to an activating group) is 1. The van der Waals surface area contributed by atoms with E-state index in [1.807, 2.05) is 0 Å². The molecular formula is C35H41N7O2. The van der Waals surface area contributed by atoms with Gasteiger partial charge >= 0.3 is 6.01 Å². The molecule has 44 heavy (non-hydrogen) atoms. The molecule has 0 N–H and O–H groups in total. The molecule has 0 saturated carbocycles. The van der Waals surface area contributed by atoms with Crippen LogP contribution in [0.15, 0.2) is 43.0 Å². The monoisotopic (exact) mass is 591 g/mol. The van der Waals surface area contributed by atoms with Crippen molar-refractivity contribution in [3.63, 3.8) is 0 Å². The molecule has 2 atom stereocenters. The Hall–Kier alpha value is -4.16. The predicted octanol–water partition coefficient (Wildman–Crippen LogP) is 4.27. The molecule has 0 radical (unpaired) electrons. The fourth-order valence-corrected chi connectivity index (χ4v) is 7.73. The minimum atomic E-state index is -0.223. The Morgan fingerprint density at radius 2 is 1.95 bits per heavy atom. The molecule has 2 fully saturated rings. The number of aromatic nitrogens is 2. The summed E-state index contributed by atoms with van der Waals surface area (Å²) in [6.45, 7) is 8.57. The van der Waals surface area contributed by atoms with E-state index in [1.54, 1.807) is 4.90 Å². The van der Waals surface area contributed by atoms with Crippen molar-refractivity contribution in [2.75, 3.05) is 56.2 Å². The Labute approximate surface area is 259 Å². The van der Waals surface area contributed by atoms with Gasteiger partial charge in [-0.05, 0) is 80.8 Å². The second kappa shape index (κ2) is 12.1. The number of carbonyl (C=O) groups is 1. The first-order chi connectivity index (χ1) is 21.5. The summed E-state index contributed by atoms with van der Waals surface area (Å²) >= 11 is 0. The maximum atomic E-state index is 12.6. The summed E-state index contributed by atoms with van der Waals surface area (Å²) in [4.78, 5) is 31.5. The van der Waals surface area contributed by atoms with Crippen molar-refractivity contribution in [1.29, 1.82) is 5.26 Å². The minimum absolute atomic E-state index is 0.128. The third-order valence-corrected chi connectivity index (χ3v) is 10.1. The highest BCUT2D eigenvalue weighted by Gasteiger charge is 2.34. The number of piperazine rings is 1. The molecule has 1 amide bonds. The summed E-state index contributed by atoms with van der Waals surface area (Å²) in [5, 5.41) is 12.3. The van der Waals surface area contributed by atoms with Crippen LogP contribution in [-0.4, -0.2) is 84.1 Å². The van der Waals surface area contributed by atoms with Crippen molar-refractivity contribution >= 4 is 28.2 Å². The van der Waals surface area contributed by atoms with E-state index >= 15 is 0 Å². The lowest BCUT2D eigenvalue weighted by Gasteiger charge is -2.42. The fraction of sp³-hybridized carbons (Fsp3) is 0.486. The smallest absolute Gasteiger partial charge is 0.318 e. The van der Waals surface area contributed by atoms with E-state index in [-0.39, 0.29) is 18.4 Å². The number of hydrogen-bond acceptors (Lipinski definition) is 8. The third kappa shape index (κ3) is 5.26. The molecule has 9 nitrogen and oxygen atoms in total. The number of amides is 1. The lowest BCUT2D eigenvalue weighted by atomic mass is 9.97. The van der Waals surface area contributed by atoms with Gasteiger partial charge in [0, 0.05) is 48.9 Å². The normalized spacial score (nSPS) is 21.7. The number of likely N-dealkylation sites (tertiary alicyclic amines) is 1. The standard InChI is InChI=1S/C35H41N7O2/c1-3-32(43)42-20-19-41(21-26(42)14-16-36)34-29-15-18-40(22-30(29)37-35(38-34)44-23-27-9-6-17-39(27)2)31-11-5-8-25-13-12-24-7-4-10-28(24)33(25)31/h3,5,8,11-13,26-27H,1,4,6-7,9-10,14-15,17-23H2,2H3/t26-,27-/m0/s1. The first kappa shape index (κ1) is 28.6. The Bertz CT molecular complexity index is 1630. The van der Waals surface area contributed by atoms with Gasteiger partial charge in [-0.25, -0.2) is 0 Å². The largest absolute Gasteiger partial charge is 0.462 e. The molecule has 3 aromatic rings. The maximum absolute atomic E-state index is 12.6. The van der Waals surface area contributed by atoms with Gasteiger partial charge in [0.05, 0.1) is 30.8 Å². The van der Waals surface area contributed by atoms with Gasteiger partial charge in [0.1, 0.15) is 12.4 Å². The Morgan fingerprint density at radius 3 is 2.77 bits per heavy atom. The summed E-state index contributed by atoms with van der Waals surface area (Å²) in [7, 11) is 2.15. The number of nitriles is 1. The Balaban J connectivity index is 1.23. The first-order valence-corrected chi connectivity index (χ1v) is 16.1. The number of hydrogen-bond donors (Lipinski definition) is 0. The molecular weight excluding hydrogens is 550 g/mol. The Morgan fingerprint density at radius 1 is 1.05 bits per heavy atom. The summed E-state index contributed by atoms with van der Waals surface area (Å²) in [5.41, 5.74) is 6.43. The van der Waals surface area contributed by atoms with Crippen molar-refractivity contribution in [3.8, 4) is 12.1 Å². The molecule has 4 aliphatic rings. The highest BCUT2D eigenvalue weighted by molar-refractivity contribution is 5.98. The van der Waals surface area contributed by atoms with Gasteiger partial charge in [-0.1, -0.05) is 30.8 Å². The lowest BCUT2D eigenvalue weighted by Crippen LogP contribution is -2.55. The van der Waals surface area contributed by atoms with Gasteiger partial charge in [-0.15, -0.1) is 0 Å². The Kier molecular flexibility index (Phi) is 7.85. The van der Waals surface area contributed by atoms with Crippen molar-refractivity contribution in [2.24, 2.45) is 0 Å². The van der Waals surface area contributed by atoms with Crippen LogP contribution in [-0.2, 0) is 30.6 Å². The number of ether oxygens (including phenoxy) is 1. The first-order valence-electron chi connectivity index (χ1n) is 16.1. The van der Waals surface area contributed by atoms with E-state index in [1.165, 1.54) is 46.5 Å². The molecule has 2 saturated heterocycles. The molecule has 1 aromatic heterocycles. The molecule has 4 heterocycles. The van der Waals surface area contributed by atoms with Crippen LogP contribution in [0.5, 0.6) is 6.01 Å². The number of fused-ring (bicyclic) bond motifs is 4. The van der Waals surface area contributed by atoms with E-state index in [9.17, 15) is 10.1 Å². The molecule has 0 bridgehead atoms. The van der Waals surface area contributed by atoms with Gasteiger partial charge in [0.15, 0.2) is 0 Å². The zero-order chi connectivity index (χ0) is 30.2. The van der Waals surface area contributed by atoms with Crippen LogP contribution in [0.3, 0.4) is 0 Å².